The number of hydrogen-bond acceptors (Lipinski definition) is 2. The van der Waals surface area contributed by atoms with Gasteiger partial charge in [-0.2, -0.15) is 13.2 Å². The van der Waals surface area contributed by atoms with E-state index in [1.54, 1.807) is 12.1 Å². The molecule has 0 aliphatic rings. The molecule has 0 radical (unpaired) electrons. The van der Waals surface area contributed by atoms with Gasteiger partial charge in [-0.15, -0.1) is 0 Å². The van der Waals surface area contributed by atoms with Crippen LogP contribution in [0.1, 0.15) is 16.7 Å². The quantitative estimate of drug-likeness (QED) is 0.812. The van der Waals surface area contributed by atoms with Gasteiger partial charge in [0, 0.05) is 13.0 Å². The molecule has 0 spiro atoms. The fourth-order valence-electron chi connectivity index (χ4n) is 2.12. The summed E-state index contributed by atoms with van der Waals surface area (Å²) in [7, 11) is 0. The fourth-order valence-corrected chi connectivity index (χ4v) is 2.12. The van der Waals surface area contributed by atoms with Gasteiger partial charge < -0.3 is 9.84 Å². The van der Waals surface area contributed by atoms with Crippen molar-refractivity contribution in [3.05, 3.63) is 65.0 Å². The van der Waals surface area contributed by atoms with Gasteiger partial charge in [0.2, 0.25) is 0 Å². The molecule has 2 aromatic carbocycles. The topological polar surface area (TPSA) is 29.5 Å². The van der Waals surface area contributed by atoms with E-state index in [-0.39, 0.29) is 31.2 Å². The third kappa shape index (κ3) is 5.25. The molecule has 0 fully saturated rings. The lowest BCUT2D eigenvalue weighted by molar-refractivity contribution is -0.137. The molecule has 1 N–H and O–H groups in total. The summed E-state index contributed by atoms with van der Waals surface area (Å²) in [6.07, 6.45) is -3.90. The van der Waals surface area contributed by atoms with Crippen molar-refractivity contribution in [3.63, 3.8) is 0 Å². The summed E-state index contributed by atoms with van der Waals surface area (Å²) in [5.74, 6) is -0.244. The maximum absolute atomic E-state index is 12.9. The third-order valence-electron chi connectivity index (χ3n) is 3.27. The van der Waals surface area contributed by atoms with Crippen molar-refractivity contribution in [2.24, 2.45) is 0 Å². The minimum atomic E-state index is -4.47. The normalized spacial score (nSPS) is 11.5. The molecule has 2 rings (SSSR count). The van der Waals surface area contributed by atoms with E-state index in [2.05, 4.69) is 0 Å². The summed E-state index contributed by atoms with van der Waals surface area (Å²) in [4.78, 5) is 0. The van der Waals surface area contributed by atoms with Gasteiger partial charge in [-0.25, -0.2) is 4.39 Å². The molecule has 0 unspecified atom stereocenters. The van der Waals surface area contributed by atoms with E-state index in [0.29, 0.717) is 12.0 Å². The first-order valence-electron chi connectivity index (χ1n) is 7.08. The van der Waals surface area contributed by atoms with Crippen molar-refractivity contribution >= 4 is 0 Å². The summed E-state index contributed by atoms with van der Waals surface area (Å²) in [6, 6.07) is 9.26. The summed E-state index contributed by atoms with van der Waals surface area (Å²) < 4.78 is 56.8. The number of hydrogen-bond donors (Lipinski definition) is 1. The van der Waals surface area contributed by atoms with Crippen LogP contribution in [0.25, 0.3) is 0 Å². The van der Waals surface area contributed by atoms with Crippen LogP contribution in [-0.4, -0.2) is 18.3 Å². The fraction of sp³-hybridized carbons (Fsp3) is 0.294. The van der Waals surface area contributed by atoms with Crippen molar-refractivity contribution in [1.82, 2.24) is 0 Å². The van der Waals surface area contributed by atoms with Crippen LogP contribution < -0.4 is 4.74 Å². The van der Waals surface area contributed by atoms with Gasteiger partial charge in [0.25, 0.3) is 0 Å². The number of rotatable bonds is 6. The molecule has 0 aliphatic carbocycles. The molecule has 0 saturated carbocycles. The second kappa shape index (κ2) is 7.46. The Hall–Kier alpha value is -2.08. The Bertz CT molecular complexity index is 636. The van der Waals surface area contributed by atoms with Gasteiger partial charge in [0.05, 0.1) is 12.2 Å². The number of benzene rings is 2. The first-order chi connectivity index (χ1) is 10.9. The molecule has 0 saturated heterocycles. The molecular formula is C17H16F4O2. The Balaban J connectivity index is 2.06. The maximum atomic E-state index is 12.9. The number of aliphatic hydroxyl groups is 1. The van der Waals surface area contributed by atoms with Crippen molar-refractivity contribution in [3.8, 4) is 5.75 Å². The molecular weight excluding hydrogens is 312 g/mol. The van der Waals surface area contributed by atoms with Gasteiger partial charge >= 0.3 is 6.18 Å². The van der Waals surface area contributed by atoms with Gasteiger partial charge in [-0.3, -0.25) is 0 Å². The molecule has 0 amide bonds. The van der Waals surface area contributed by atoms with Crippen LogP contribution in [0.15, 0.2) is 42.5 Å². The summed E-state index contributed by atoms with van der Waals surface area (Å²) in [5.41, 5.74) is 0.383. The van der Waals surface area contributed by atoms with Gasteiger partial charge in [-0.05, 0) is 47.9 Å². The van der Waals surface area contributed by atoms with E-state index in [1.807, 2.05) is 0 Å². The van der Waals surface area contributed by atoms with E-state index in [0.717, 1.165) is 17.7 Å². The van der Waals surface area contributed by atoms with Gasteiger partial charge in [0.1, 0.15) is 11.6 Å². The third-order valence-corrected chi connectivity index (χ3v) is 3.27. The highest BCUT2D eigenvalue weighted by Crippen LogP contribution is 2.32. The van der Waals surface area contributed by atoms with Crippen LogP contribution in [-0.2, 0) is 19.0 Å². The van der Waals surface area contributed by atoms with E-state index in [4.69, 9.17) is 9.84 Å². The second-order valence-electron chi connectivity index (χ2n) is 5.06. The average molecular weight is 328 g/mol. The first kappa shape index (κ1) is 17.3. The van der Waals surface area contributed by atoms with E-state index < -0.39 is 11.7 Å². The Morgan fingerprint density at radius 3 is 2.22 bits per heavy atom. The monoisotopic (exact) mass is 328 g/mol. The molecule has 124 valence electrons. The van der Waals surface area contributed by atoms with Crippen LogP contribution >= 0.6 is 0 Å². The maximum Gasteiger partial charge on any atom is 0.416 e. The SMILES string of the molecule is OCCc1cc(OCCc2ccc(F)cc2)cc(C(F)(F)F)c1. The van der Waals surface area contributed by atoms with Crippen molar-refractivity contribution in [1.29, 1.82) is 0 Å². The number of ether oxygens (including phenoxy) is 1. The second-order valence-corrected chi connectivity index (χ2v) is 5.06. The molecule has 0 atom stereocenters. The summed E-state index contributed by atoms with van der Waals surface area (Å²) >= 11 is 0. The minimum absolute atomic E-state index is 0.102. The predicted molar refractivity (Wildman–Crippen MR) is 77.8 cm³/mol. The lowest BCUT2D eigenvalue weighted by Crippen LogP contribution is -2.08. The molecule has 0 bridgehead atoms. The molecule has 6 heteroatoms. The molecule has 2 nitrogen and oxygen atoms in total. The Kier molecular flexibility index (Phi) is 5.60. The van der Waals surface area contributed by atoms with Crippen LogP contribution in [0.5, 0.6) is 5.75 Å². The lowest BCUT2D eigenvalue weighted by atomic mass is 10.1. The molecule has 0 aliphatic heterocycles. The Morgan fingerprint density at radius 1 is 0.913 bits per heavy atom. The molecule has 2 aromatic rings. The van der Waals surface area contributed by atoms with E-state index >= 15 is 0 Å². The van der Waals surface area contributed by atoms with Crippen LogP contribution in [0, 0.1) is 5.82 Å². The van der Waals surface area contributed by atoms with Crippen molar-refractivity contribution in [2.75, 3.05) is 13.2 Å². The zero-order valence-corrected chi connectivity index (χ0v) is 12.2. The lowest BCUT2D eigenvalue weighted by Gasteiger charge is -2.13. The van der Waals surface area contributed by atoms with E-state index in [1.165, 1.54) is 18.2 Å². The molecule has 0 aromatic heterocycles. The average Bonchev–Trinajstić information content (AvgIpc) is 2.49. The van der Waals surface area contributed by atoms with Crippen LogP contribution in [0.2, 0.25) is 0 Å². The van der Waals surface area contributed by atoms with Crippen LogP contribution in [0.4, 0.5) is 17.6 Å². The molecule has 23 heavy (non-hydrogen) atoms. The largest absolute Gasteiger partial charge is 0.493 e. The van der Waals surface area contributed by atoms with Crippen LogP contribution in [0.3, 0.4) is 0 Å². The first-order valence-corrected chi connectivity index (χ1v) is 7.08. The summed E-state index contributed by atoms with van der Waals surface area (Å²) in [6.45, 7) is -0.0676. The van der Waals surface area contributed by atoms with Crippen molar-refractivity contribution < 1.29 is 27.4 Å². The number of halogens is 4. The standard InChI is InChI=1S/C17H16F4O2/c18-15-3-1-12(2-4-15)6-8-23-16-10-13(5-7-22)9-14(11-16)17(19,20)21/h1-4,9-11,22H,5-8H2. The zero-order valence-electron chi connectivity index (χ0n) is 12.2. The Labute approximate surface area is 131 Å². The van der Waals surface area contributed by atoms with E-state index in [9.17, 15) is 17.6 Å². The highest BCUT2D eigenvalue weighted by Gasteiger charge is 2.31. The Morgan fingerprint density at radius 2 is 1.61 bits per heavy atom. The highest BCUT2D eigenvalue weighted by atomic mass is 19.4. The smallest absolute Gasteiger partial charge is 0.416 e. The highest BCUT2D eigenvalue weighted by molar-refractivity contribution is 5.36. The summed E-state index contributed by atoms with van der Waals surface area (Å²) in [5, 5.41) is 8.90. The number of aliphatic hydroxyl groups excluding tert-OH is 1. The van der Waals surface area contributed by atoms with Gasteiger partial charge in [0.15, 0.2) is 0 Å². The minimum Gasteiger partial charge on any atom is -0.493 e. The predicted octanol–water partition coefficient (Wildman–Crippen LogP) is 4.00. The van der Waals surface area contributed by atoms with Gasteiger partial charge in [-0.1, -0.05) is 12.1 Å². The molecule has 0 heterocycles. The number of alkyl halides is 3. The zero-order chi connectivity index (χ0) is 16.9. The van der Waals surface area contributed by atoms with Crippen molar-refractivity contribution in [2.45, 2.75) is 19.0 Å².